The van der Waals surface area contributed by atoms with Gasteiger partial charge >= 0.3 is 0 Å². The van der Waals surface area contributed by atoms with Gasteiger partial charge in [0.2, 0.25) is 0 Å². The molecule has 0 aromatic heterocycles. The molecule has 29 heavy (non-hydrogen) atoms. The quantitative estimate of drug-likeness (QED) is 0.677. The fourth-order valence-corrected chi connectivity index (χ4v) is 4.01. The molecule has 1 fully saturated rings. The SMILES string of the molecule is CCCOC1(c2ccccc2)CCN(CCNc2ccccc2C(=O)NC)CC1. The normalized spacial score (nSPS) is 16.3. The standard InChI is InChI=1S/C24H33N3O2/c1-3-19-29-24(20-9-5-4-6-10-20)13-16-27(17-14-24)18-15-26-22-12-8-7-11-21(22)23(28)25-2/h4-12,26H,3,13-19H2,1-2H3,(H,25,28). The van der Waals surface area contributed by atoms with E-state index in [-0.39, 0.29) is 11.5 Å². The number of amides is 1. The maximum absolute atomic E-state index is 12.0. The van der Waals surface area contributed by atoms with E-state index in [1.54, 1.807) is 7.05 Å². The second-order valence-electron chi connectivity index (χ2n) is 7.60. The van der Waals surface area contributed by atoms with Crippen LogP contribution in [0.15, 0.2) is 54.6 Å². The van der Waals surface area contributed by atoms with Crippen molar-refractivity contribution in [3.8, 4) is 0 Å². The summed E-state index contributed by atoms with van der Waals surface area (Å²) in [7, 11) is 1.66. The third-order valence-corrected chi connectivity index (χ3v) is 5.69. The van der Waals surface area contributed by atoms with Crippen LogP contribution in [0.25, 0.3) is 0 Å². The first kappa shape index (κ1) is 21.3. The van der Waals surface area contributed by atoms with Gasteiger partial charge in [-0.1, -0.05) is 49.4 Å². The van der Waals surface area contributed by atoms with Gasteiger partial charge in [-0.2, -0.15) is 0 Å². The van der Waals surface area contributed by atoms with Gasteiger partial charge in [0.05, 0.1) is 11.2 Å². The molecule has 2 aromatic carbocycles. The van der Waals surface area contributed by atoms with Crippen LogP contribution in [0.3, 0.4) is 0 Å². The fourth-order valence-electron chi connectivity index (χ4n) is 4.01. The van der Waals surface area contributed by atoms with E-state index in [2.05, 4.69) is 52.8 Å². The zero-order chi connectivity index (χ0) is 20.5. The van der Waals surface area contributed by atoms with Crippen molar-refractivity contribution in [2.24, 2.45) is 0 Å². The largest absolute Gasteiger partial charge is 0.383 e. The molecular formula is C24H33N3O2. The van der Waals surface area contributed by atoms with E-state index in [4.69, 9.17) is 4.74 Å². The third-order valence-electron chi connectivity index (χ3n) is 5.69. The van der Waals surface area contributed by atoms with E-state index in [0.717, 1.165) is 57.7 Å². The number of ether oxygens (including phenoxy) is 1. The Morgan fingerprint density at radius 3 is 2.45 bits per heavy atom. The number of rotatable bonds is 9. The molecule has 0 saturated carbocycles. The summed E-state index contributed by atoms with van der Waals surface area (Å²) in [5, 5.41) is 6.13. The van der Waals surface area contributed by atoms with Crippen molar-refractivity contribution in [1.82, 2.24) is 10.2 Å². The smallest absolute Gasteiger partial charge is 0.253 e. The molecule has 5 nitrogen and oxygen atoms in total. The van der Waals surface area contributed by atoms with E-state index in [1.807, 2.05) is 24.3 Å². The number of carbonyl (C=O) groups excluding carboxylic acids is 1. The van der Waals surface area contributed by atoms with Crippen LogP contribution in [0.1, 0.15) is 42.1 Å². The van der Waals surface area contributed by atoms with Crippen LogP contribution in [0.4, 0.5) is 5.69 Å². The van der Waals surface area contributed by atoms with Crippen LogP contribution in [0, 0.1) is 0 Å². The van der Waals surface area contributed by atoms with Gasteiger partial charge in [0.15, 0.2) is 0 Å². The van der Waals surface area contributed by atoms with Gasteiger partial charge in [0.1, 0.15) is 0 Å². The highest BCUT2D eigenvalue weighted by atomic mass is 16.5. The van der Waals surface area contributed by atoms with Gasteiger partial charge in [-0.15, -0.1) is 0 Å². The van der Waals surface area contributed by atoms with Crippen molar-refractivity contribution in [2.45, 2.75) is 31.8 Å². The molecule has 0 atom stereocenters. The Labute approximate surface area is 174 Å². The predicted octanol–water partition coefficient (Wildman–Crippen LogP) is 3.88. The zero-order valence-corrected chi connectivity index (χ0v) is 17.6. The minimum atomic E-state index is -0.160. The highest BCUT2D eigenvalue weighted by Gasteiger charge is 2.36. The molecule has 0 bridgehead atoms. The highest BCUT2D eigenvalue weighted by molar-refractivity contribution is 5.99. The average molecular weight is 396 g/mol. The Morgan fingerprint density at radius 1 is 1.07 bits per heavy atom. The Bertz CT molecular complexity index is 771. The second kappa shape index (κ2) is 10.4. The van der Waals surface area contributed by atoms with Crippen LogP contribution < -0.4 is 10.6 Å². The summed E-state index contributed by atoms with van der Waals surface area (Å²) in [5.74, 6) is -0.0632. The fraction of sp³-hybridized carbons (Fsp3) is 0.458. The van der Waals surface area contributed by atoms with Gasteiger partial charge in [0, 0.05) is 45.5 Å². The summed E-state index contributed by atoms with van der Waals surface area (Å²) in [6, 6.07) is 18.3. The first-order chi connectivity index (χ1) is 14.2. The van der Waals surface area contributed by atoms with Gasteiger partial charge in [-0.3, -0.25) is 4.79 Å². The topological polar surface area (TPSA) is 53.6 Å². The molecule has 0 radical (unpaired) electrons. The van der Waals surface area contributed by atoms with Crippen molar-refractivity contribution >= 4 is 11.6 Å². The van der Waals surface area contributed by atoms with Crippen molar-refractivity contribution in [2.75, 3.05) is 45.2 Å². The van der Waals surface area contributed by atoms with E-state index < -0.39 is 0 Å². The lowest BCUT2D eigenvalue weighted by Gasteiger charge is -2.42. The lowest BCUT2D eigenvalue weighted by atomic mass is 9.84. The molecule has 3 rings (SSSR count). The maximum Gasteiger partial charge on any atom is 0.253 e. The van der Waals surface area contributed by atoms with E-state index >= 15 is 0 Å². The summed E-state index contributed by atoms with van der Waals surface area (Å²) in [5.41, 5.74) is 2.71. The first-order valence-electron chi connectivity index (χ1n) is 10.7. The van der Waals surface area contributed by atoms with E-state index in [1.165, 1.54) is 5.56 Å². The number of piperidine rings is 1. The molecule has 0 unspecified atom stereocenters. The molecule has 1 aliphatic heterocycles. The molecule has 1 aliphatic rings. The number of likely N-dealkylation sites (tertiary alicyclic amines) is 1. The van der Waals surface area contributed by atoms with Crippen molar-refractivity contribution < 1.29 is 9.53 Å². The molecule has 1 saturated heterocycles. The number of para-hydroxylation sites is 1. The predicted molar refractivity (Wildman–Crippen MR) is 118 cm³/mol. The van der Waals surface area contributed by atoms with E-state index in [9.17, 15) is 4.79 Å². The number of hydrogen-bond donors (Lipinski definition) is 2. The summed E-state index contributed by atoms with van der Waals surface area (Å²) in [6.45, 7) is 6.74. The second-order valence-corrected chi connectivity index (χ2v) is 7.60. The Kier molecular flexibility index (Phi) is 7.67. The monoisotopic (exact) mass is 395 g/mol. The van der Waals surface area contributed by atoms with Crippen molar-refractivity contribution in [1.29, 1.82) is 0 Å². The number of nitrogens with one attached hydrogen (secondary N) is 2. The Hall–Kier alpha value is -2.37. The molecule has 2 aromatic rings. The number of benzene rings is 2. The minimum absolute atomic E-state index is 0.0632. The average Bonchev–Trinajstić information content (AvgIpc) is 2.79. The summed E-state index contributed by atoms with van der Waals surface area (Å²) < 4.78 is 6.40. The van der Waals surface area contributed by atoms with Crippen LogP contribution in [0.2, 0.25) is 0 Å². The molecule has 156 valence electrons. The molecule has 0 aliphatic carbocycles. The van der Waals surface area contributed by atoms with Crippen molar-refractivity contribution in [3.63, 3.8) is 0 Å². The number of nitrogens with zero attached hydrogens (tertiary/aromatic N) is 1. The van der Waals surface area contributed by atoms with Crippen LogP contribution in [-0.2, 0) is 10.3 Å². The zero-order valence-electron chi connectivity index (χ0n) is 17.6. The maximum atomic E-state index is 12.0. The molecule has 2 N–H and O–H groups in total. The molecule has 5 heteroatoms. The summed E-state index contributed by atoms with van der Waals surface area (Å²) >= 11 is 0. The lowest BCUT2D eigenvalue weighted by Crippen LogP contribution is -2.45. The third kappa shape index (κ3) is 5.37. The Morgan fingerprint density at radius 2 is 1.76 bits per heavy atom. The lowest BCUT2D eigenvalue weighted by molar-refractivity contribution is -0.0892. The minimum Gasteiger partial charge on any atom is -0.383 e. The number of hydrogen-bond acceptors (Lipinski definition) is 4. The van der Waals surface area contributed by atoms with Crippen LogP contribution in [0.5, 0.6) is 0 Å². The Balaban J connectivity index is 1.55. The summed E-state index contributed by atoms with van der Waals surface area (Å²) in [6.07, 6.45) is 3.05. The van der Waals surface area contributed by atoms with Gasteiger partial charge in [0.25, 0.3) is 5.91 Å². The summed E-state index contributed by atoms with van der Waals surface area (Å²) in [4.78, 5) is 14.5. The highest BCUT2D eigenvalue weighted by Crippen LogP contribution is 2.36. The number of anilines is 1. The van der Waals surface area contributed by atoms with Gasteiger partial charge in [-0.25, -0.2) is 0 Å². The van der Waals surface area contributed by atoms with E-state index in [0.29, 0.717) is 5.56 Å². The van der Waals surface area contributed by atoms with Crippen molar-refractivity contribution in [3.05, 3.63) is 65.7 Å². The van der Waals surface area contributed by atoms with Crippen LogP contribution >= 0.6 is 0 Å². The molecular weight excluding hydrogens is 362 g/mol. The van der Waals surface area contributed by atoms with Crippen LogP contribution in [-0.4, -0.2) is 50.6 Å². The number of carbonyl (C=O) groups is 1. The van der Waals surface area contributed by atoms with Gasteiger partial charge < -0.3 is 20.3 Å². The molecule has 1 heterocycles. The van der Waals surface area contributed by atoms with Gasteiger partial charge in [-0.05, 0) is 37.0 Å². The molecule has 1 amide bonds. The first-order valence-corrected chi connectivity index (χ1v) is 10.7. The molecule has 0 spiro atoms.